The fraction of sp³-hybridized carbons (Fsp3) is 0. The van der Waals surface area contributed by atoms with Crippen LogP contribution in [-0.4, -0.2) is 21.8 Å². The second-order valence-corrected chi connectivity index (χ2v) is 1.48. The average molecular weight is 277 g/mol. The van der Waals surface area contributed by atoms with Crippen molar-refractivity contribution in [3.63, 3.8) is 0 Å². The molecule has 0 heterocycles. The van der Waals surface area contributed by atoms with E-state index in [1.54, 1.807) is 0 Å². The highest BCUT2D eigenvalue weighted by Crippen LogP contribution is 2.07. The maximum absolute atomic E-state index is 9.75. The van der Waals surface area contributed by atoms with Crippen molar-refractivity contribution in [3.05, 3.63) is 0 Å². The van der Waals surface area contributed by atoms with Crippen LogP contribution in [0.4, 0.5) is 51.8 Å². The minimum absolute atomic E-state index is 0. The van der Waals surface area contributed by atoms with Crippen molar-refractivity contribution in [2.24, 2.45) is 0 Å². The molecule has 0 spiro atoms. The third-order valence-corrected chi connectivity index (χ3v) is 0. The standard InChI is InChI=1S/3BF4.H3N/c3*2-1(3,4)5;/h;;;1H3/q3*-1;. The van der Waals surface area contributed by atoms with Gasteiger partial charge in [-0.1, -0.05) is 0 Å². The van der Waals surface area contributed by atoms with E-state index >= 15 is 0 Å². The summed E-state index contributed by atoms with van der Waals surface area (Å²) in [6.07, 6.45) is 0. The molecule has 0 radical (unpaired) electrons. The summed E-state index contributed by atoms with van der Waals surface area (Å²) in [4.78, 5) is 0. The number of hydrogen-bond acceptors (Lipinski definition) is 1. The molecule has 0 aliphatic rings. The van der Waals surface area contributed by atoms with Gasteiger partial charge in [-0.15, -0.1) is 0 Å². The molecule has 0 rings (SSSR count). The third-order valence-electron chi connectivity index (χ3n) is 0. The average Bonchev–Trinajstić information content (AvgIpc) is 1.41. The van der Waals surface area contributed by atoms with E-state index < -0.39 is 21.8 Å². The lowest BCUT2D eigenvalue weighted by Crippen LogP contribution is -2.02. The van der Waals surface area contributed by atoms with Gasteiger partial charge >= 0.3 is 21.8 Å². The second kappa shape index (κ2) is 8.46. The summed E-state index contributed by atoms with van der Waals surface area (Å²) in [6, 6.07) is 0. The molecule has 0 bridgehead atoms. The second-order valence-electron chi connectivity index (χ2n) is 1.48. The lowest BCUT2D eigenvalue weighted by Gasteiger charge is -1.94. The summed E-state index contributed by atoms with van der Waals surface area (Å²) < 4.78 is 117. The van der Waals surface area contributed by atoms with Crippen LogP contribution in [0.25, 0.3) is 0 Å². The number of halogens is 12. The first-order chi connectivity index (χ1) is 6.00. The predicted molar refractivity (Wildman–Crippen MR) is 35.6 cm³/mol. The maximum Gasteiger partial charge on any atom is 0.673 e. The van der Waals surface area contributed by atoms with E-state index in [-0.39, 0.29) is 6.15 Å². The Labute approximate surface area is 81.1 Å². The lowest BCUT2D eigenvalue weighted by molar-refractivity contribution is 0.366. The summed E-state index contributed by atoms with van der Waals surface area (Å²) in [6.45, 7) is 0. The number of rotatable bonds is 0. The zero-order valence-corrected chi connectivity index (χ0v) is 6.97. The zero-order valence-electron chi connectivity index (χ0n) is 6.97. The Morgan fingerprint density at radius 3 is 0.312 bits per heavy atom. The normalized spacial score (nSPS) is 11.2. The van der Waals surface area contributed by atoms with Crippen LogP contribution in [0.1, 0.15) is 0 Å². The van der Waals surface area contributed by atoms with Gasteiger partial charge in [0.15, 0.2) is 0 Å². The molecule has 0 aromatic rings. The SMILES string of the molecule is F[B-](F)(F)F.F[B-](F)(F)F.F[B-](F)(F)F.N. The van der Waals surface area contributed by atoms with Gasteiger partial charge in [0.05, 0.1) is 0 Å². The first-order valence-electron chi connectivity index (χ1n) is 2.62. The highest BCUT2D eigenvalue weighted by molar-refractivity contribution is 6.50. The summed E-state index contributed by atoms with van der Waals surface area (Å²) in [7, 11) is -18.0. The molecule has 0 atom stereocenters. The Bertz CT molecular complexity index is 91.3. The smallest absolute Gasteiger partial charge is 0.418 e. The largest absolute Gasteiger partial charge is 0.673 e. The van der Waals surface area contributed by atoms with Gasteiger partial charge < -0.3 is 57.9 Å². The molecule has 0 fully saturated rings. The minimum atomic E-state index is -6.00. The molecule has 104 valence electrons. The van der Waals surface area contributed by atoms with Crippen LogP contribution in [0.5, 0.6) is 0 Å². The van der Waals surface area contributed by atoms with Gasteiger partial charge in [-0.05, 0) is 0 Å². The summed E-state index contributed by atoms with van der Waals surface area (Å²) >= 11 is 0. The molecular formula is H3B3F12N-3. The maximum atomic E-state index is 9.75. The van der Waals surface area contributed by atoms with Crippen LogP contribution in [0.3, 0.4) is 0 Å². The Morgan fingerprint density at radius 2 is 0.312 bits per heavy atom. The van der Waals surface area contributed by atoms with Gasteiger partial charge in [0.1, 0.15) is 0 Å². The molecule has 16 heavy (non-hydrogen) atoms. The first-order valence-corrected chi connectivity index (χ1v) is 2.62. The van der Waals surface area contributed by atoms with Gasteiger partial charge in [-0.3, -0.25) is 0 Å². The molecule has 1 nitrogen and oxygen atoms in total. The van der Waals surface area contributed by atoms with Crippen molar-refractivity contribution < 1.29 is 51.8 Å². The van der Waals surface area contributed by atoms with Crippen LogP contribution in [0.15, 0.2) is 0 Å². The van der Waals surface area contributed by atoms with Crippen LogP contribution < -0.4 is 6.15 Å². The summed E-state index contributed by atoms with van der Waals surface area (Å²) in [5, 5.41) is 0. The highest BCUT2D eigenvalue weighted by atomic mass is 19.5. The van der Waals surface area contributed by atoms with E-state index in [9.17, 15) is 51.8 Å². The van der Waals surface area contributed by atoms with E-state index in [1.165, 1.54) is 0 Å². The van der Waals surface area contributed by atoms with E-state index in [2.05, 4.69) is 0 Å². The Kier molecular flexibility index (Phi) is 13.0. The molecule has 0 saturated carbocycles. The summed E-state index contributed by atoms with van der Waals surface area (Å²) in [5.41, 5.74) is 0. The number of hydrogen-bond donors (Lipinski definition) is 1. The molecule has 3 N–H and O–H groups in total. The Balaban J connectivity index is -0.0000000655. The van der Waals surface area contributed by atoms with Gasteiger partial charge in [-0.25, -0.2) is 0 Å². The van der Waals surface area contributed by atoms with Crippen molar-refractivity contribution in [1.82, 2.24) is 6.15 Å². The minimum Gasteiger partial charge on any atom is -0.418 e. The first kappa shape index (κ1) is 24.5. The van der Waals surface area contributed by atoms with Crippen LogP contribution >= 0.6 is 0 Å². The van der Waals surface area contributed by atoms with Crippen molar-refractivity contribution in [2.75, 3.05) is 0 Å². The zero-order chi connectivity index (χ0) is 13.5. The predicted octanol–water partition coefficient (Wildman–Crippen LogP) is 4.06. The monoisotopic (exact) mass is 278 g/mol. The van der Waals surface area contributed by atoms with Crippen LogP contribution in [-0.2, 0) is 0 Å². The third kappa shape index (κ3) is 4300. The van der Waals surface area contributed by atoms with Crippen molar-refractivity contribution >= 4 is 21.8 Å². The van der Waals surface area contributed by atoms with Gasteiger partial charge in [0.25, 0.3) is 0 Å². The Morgan fingerprint density at radius 1 is 0.312 bits per heavy atom. The van der Waals surface area contributed by atoms with E-state index in [0.29, 0.717) is 0 Å². The molecule has 0 aliphatic carbocycles. The van der Waals surface area contributed by atoms with Gasteiger partial charge in [0, 0.05) is 0 Å². The van der Waals surface area contributed by atoms with E-state index in [4.69, 9.17) is 0 Å². The van der Waals surface area contributed by atoms with Gasteiger partial charge in [-0.2, -0.15) is 0 Å². The van der Waals surface area contributed by atoms with Crippen LogP contribution in [0, 0.1) is 0 Å². The van der Waals surface area contributed by atoms with Crippen molar-refractivity contribution in [3.8, 4) is 0 Å². The molecule has 0 amide bonds. The lowest BCUT2D eigenvalue weighted by atomic mass is 10.3. The van der Waals surface area contributed by atoms with E-state index in [1.807, 2.05) is 0 Å². The van der Waals surface area contributed by atoms with Crippen molar-refractivity contribution in [2.45, 2.75) is 0 Å². The van der Waals surface area contributed by atoms with E-state index in [0.717, 1.165) is 0 Å². The molecule has 0 saturated heterocycles. The van der Waals surface area contributed by atoms with Gasteiger partial charge in [0.2, 0.25) is 0 Å². The Hall–Kier alpha value is -0.685. The summed E-state index contributed by atoms with van der Waals surface area (Å²) in [5.74, 6) is 0. The topological polar surface area (TPSA) is 35.0 Å². The quantitative estimate of drug-likeness (QED) is 0.526. The van der Waals surface area contributed by atoms with Crippen molar-refractivity contribution in [1.29, 1.82) is 0 Å². The fourth-order valence-electron chi connectivity index (χ4n) is 0. The molecular weight excluding hydrogens is 274 g/mol. The molecule has 0 unspecified atom stereocenters. The highest BCUT2D eigenvalue weighted by Gasteiger charge is 2.21. The van der Waals surface area contributed by atoms with Crippen LogP contribution in [0.2, 0.25) is 0 Å². The molecule has 16 heteroatoms. The molecule has 0 aliphatic heterocycles. The molecule has 0 aromatic carbocycles. The fourth-order valence-corrected chi connectivity index (χ4v) is 0. The molecule has 0 aromatic heterocycles.